The highest BCUT2D eigenvalue weighted by Gasteiger charge is 2.18. The average molecular weight is 475 g/mol. The van der Waals surface area contributed by atoms with Crippen molar-refractivity contribution in [3.8, 4) is 5.75 Å². The molecule has 1 saturated carbocycles. The molecule has 0 aliphatic heterocycles. The van der Waals surface area contributed by atoms with E-state index in [9.17, 15) is 4.79 Å². The third kappa shape index (κ3) is 6.53. The second-order valence-corrected chi connectivity index (χ2v) is 9.23. The normalized spacial score (nSPS) is 14.8. The van der Waals surface area contributed by atoms with Crippen molar-refractivity contribution in [1.29, 1.82) is 0 Å². The van der Waals surface area contributed by atoms with Crippen molar-refractivity contribution >= 4 is 29.3 Å². The second-order valence-electron chi connectivity index (χ2n) is 7.85. The maximum Gasteiger partial charge on any atom is 0.230 e. The highest BCUT2D eigenvalue weighted by atomic mass is 35.5. The number of halogens is 1. The molecule has 170 valence electrons. The summed E-state index contributed by atoms with van der Waals surface area (Å²) in [6, 6.07) is 11.2. The molecule has 1 aliphatic rings. The lowest BCUT2D eigenvalue weighted by Gasteiger charge is -2.16. The fraction of sp³-hybridized carbons (Fsp3) is 0.435. The summed E-state index contributed by atoms with van der Waals surface area (Å²) in [5.74, 6) is 2.46. The van der Waals surface area contributed by atoms with Crippen molar-refractivity contribution in [2.45, 2.75) is 62.9 Å². The van der Waals surface area contributed by atoms with Gasteiger partial charge in [0.1, 0.15) is 18.1 Å². The summed E-state index contributed by atoms with van der Waals surface area (Å²) in [5.41, 5.74) is 0. The van der Waals surface area contributed by atoms with Gasteiger partial charge in [0.15, 0.2) is 11.0 Å². The molecule has 32 heavy (non-hydrogen) atoms. The summed E-state index contributed by atoms with van der Waals surface area (Å²) < 4.78 is 13.3. The number of nitrogens with one attached hydrogen (secondary N) is 1. The molecule has 2 heterocycles. The molecule has 0 unspecified atom stereocenters. The molecule has 0 spiro atoms. The van der Waals surface area contributed by atoms with Crippen LogP contribution in [0.1, 0.15) is 50.1 Å². The van der Waals surface area contributed by atoms with Gasteiger partial charge in [-0.05, 0) is 49.2 Å². The molecule has 1 fully saturated rings. The van der Waals surface area contributed by atoms with Gasteiger partial charge in [-0.1, -0.05) is 49.0 Å². The van der Waals surface area contributed by atoms with Gasteiger partial charge in [0.25, 0.3) is 0 Å². The number of ether oxygens (including phenoxy) is 1. The molecular weight excluding hydrogens is 448 g/mol. The molecule has 0 bridgehead atoms. The van der Waals surface area contributed by atoms with Gasteiger partial charge in [-0.25, -0.2) is 0 Å². The van der Waals surface area contributed by atoms with Crippen LogP contribution in [0.4, 0.5) is 0 Å². The quantitative estimate of drug-likeness (QED) is 0.344. The molecule has 3 aromatic rings. The molecule has 1 N–H and O–H groups in total. The van der Waals surface area contributed by atoms with E-state index in [2.05, 4.69) is 15.5 Å². The minimum absolute atomic E-state index is 0.0356. The zero-order valence-electron chi connectivity index (χ0n) is 17.8. The molecule has 2 aromatic heterocycles. The molecule has 0 radical (unpaired) electrons. The van der Waals surface area contributed by atoms with Crippen molar-refractivity contribution in [3.05, 3.63) is 59.3 Å². The number of hydrogen-bond acceptors (Lipinski definition) is 6. The van der Waals surface area contributed by atoms with E-state index < -0.39 is 0 Å². The Labute approximate surface area is 196 Å². The maximum absolute atomic E-state index is 12.5. The molecule has 9 heteroatoms. The minimum atomic E-state index is 0.0356. The number of amides is 1. The van der Waals surface area contributed by atoms with Crippen molar-refractivity contribution in [1.82, 2.24) is 20.1 Å². The topological polar surface area (TPSA) is 82.2 Å². The van der Waals surface area contributed by atoms with Crippen LogP contribution in [0.5, 0.6) is 5.75 Å². The number of carbonyl (C=O) groups excluding carboxylic acids is 1. The zero-order valence-corrected chi connectivity index (χ0v) is 19.4. The lowest BCUT2D eigenvalue weighted by molar-refractivity contribution is -0.119. The van der Waals surface area contributed by atoms with E-state index in [0.717, 1.165) is 18.6 Å². The van der Waals surface area contributed by atoms with Crippen molar-refractivity contribution in [2.24, 2.45) is 0 Å². The number of thioether (sulfide) groups is 1. The smallest absolute Gasteiger partial charge is 0.230 e. The molecule has 1 aromatic carbocycles. The number of nitrogens with zero attached hydrogens (tertiary/aromatic N) is 3. The van der Waals surface area contributed by atoms with Gasteiger partial charge in [-0.2, -0.15) is 0 Å². The molecule has 4 rings (SSSR count). The maximum atomic E-state index is 12.5. The summed E-state index contributed by atoms with van der Waals surface area (Å²) in [4.78, 5) is 12.5. The van der Waals surface area contributed by atoms with Crippen molar-refractivity contribution < 1.29 is 13.9 Å². The minimum Gasteiger partial charge on any atom is -0.486 e. The molecular formula is C23H27ClN4O3S. The van der Waals surface area contributed by atoms with E-state index in [0.29, 0.717) is 34.1 Å². The Morgan fingerprint density at radius 2 is 1.94 bits per heavy atom. The summed E-state index contributed by atoms with van der Waals surface area (Å²) >= 11 is 7.32. The Bertz CT molecular complexity index is 983. The summed E-state index contributed by atoms with van der Waals surface area (Å²) in [6.07, 6.45) is 8.67. The van der Waals surface area contributed by atoms with E-state index in [1.165, 1.54) is 37.4 Å². The van der Waals surface area contributed by atoms with E-state index >= 15 is 0 Å². The van der Waals surface area contributed by atoms with Crippen LogP contribution >= 0.6 is 23.4 Å². The highest BCUT2D eigenvalue weighted by Crippen LogP contribution is 2.22. The standard InChI is InChI=1S/C23H27ClN4O3S/c24-17-9-11-19(12-10-17)31-15-21-26-27-23(28(21)14-20-8-5-13-30-20)32-16-22(29)25-18-6-3-1-2-4-7-18/h5,8-13,18H,1-4,6-7,14-16H2,(H,25,29). The predicted octanol–water partition coefficient (Wildman–Crippen LogP) is 5.08. The molecule has 0 saturated heterocycles. The zero-order chi connectivity index (χ0) is 22.2. The van der Waals surface area contributed by atoms with E-state index in [-0.39, 0.29) is 18.6 Å². The number of aromatic nitrogens is 3. The number of carbonyl (C=O) groups is 1. The van der Waals surface area contributed by atoms with Gasteiger partial charge < -0.3 is 14.5 Å². The first-order chi connectivity index (χ1) is 15.7. The first-order valence-electron chi connectivity index (χ1n) is 10.9. The Morgan fingerprint density at radius 1 is 1.16 bits per heavy atom. The third-order valence-corrected chi connectivity index (χ3v) is 6.64. The summed E-state index contributed by atoms with van der Waals surface area (Å²) in [5, 5.41) is 13.1. The van der Waals surface area contributed by atoms with Crippen molar-refractivity contribution in [2.75, 3.05) is 5.75 Å². The fourth-order valence-electron chi connectivity index (χ4n) is 3.75. The monoisotopic (exact) mass is 474 g/mol. The number of hydrogen-bond donors (Lipinski definition) is 1. The van der Waals surface area contributed by atoms with Crippen LogP contribution in [0.3, 0.4) is 0 Å². The Balaban J connectivity index is 1.40. The molecule has 7 nitrogen and oxygen atoms in total. The largest absolute Gasteiger partial charge is 0.486 e. The van der Waals surface area contributed by atoms with Crippen LogP contribution in [0.25, 0.3) is 0 Å². The fourth-order valence-corrected chi connectivity index (χ4v) is 4.65. The van der Waals surface area contributed by atoms with Crippen LogP contribution in [0.15, 0.2) is 52.2 Å². The van der Waals surface area contributed by atoms with E-state index in [4.69, 9.17) is 20.8 Å². The summed E-state index contributed by atoms with van der Waals surface area (Å²) in [7, 11) is 0. The van der Waals surface area contributed by atoms with Crippen molar-refractivity contribution in [3.63, 3.8) is 0 Å². The molecule has 1 amide bonds. The number of furan rings is 1. The Morgan fingerprint density at radius 3 is 2.66 bits per heavy atom. The van der Waals surface area contributed by atoms with Crippen LogP contribution in [-0.2, 0) is 17.9 Å². The van der Waals surface area contributed by atoms with E-state index in [1.807, 2.05) is 28.8 Å². The van der Waals surface area contributed by atoms with Gasteiger partial charge in [0, 0.05) is 11.1 Å². The number of rotatable bonds is 9. The van der Waals surface area contributed by atoms with Crippen LogP contribution in [0, 0.1) is 0 Å². The number of benzene rings is 1. The highest BCUT2D eigenvalue weighted by molar-refractivity contribution is 7.99. The first-order valence-corrected chi connectivity index (χ1v) is 12.3. The van der Waals surface area contributed by atoms with Gasteiger partial charge in [-0.3, -0.25) is 9.36 Å². The first kappa shape index (κ1) is 22.7. The Kier molecular flexibility index (Phi) is 8.12. The van der Waals surface area contributed by atoms with Crippen LogP contribution < -0.4 is 10.1 Å². The predicted molar refractivity (Wildman–Crippen MR) is 124 cm³/mol. The van der Waals surface area contributed by atoms with Gasteiger partial charge in [-0.15, -0.1) is 10.2 Å². The van der Waals surface area contributed by atoms with E-state index in [1.54, 1.807) is 18.4 Å². The van der Waals surface area contributed by atoms with Gasteiger partial charge in [0.05, 0.1) is 18.6 Å². The molecule has 0 atom stereocenters. The van der Waals surface area contributed by atoms with Gasteiger partial charge >= 0.3 is 0 Å². The van der Waals surface area contributed by atoms with Crippen LogP contribution in [-0.4, -0.2) is 32.5 Å². The second kappa shape index (κ2) is 11.4. The SMILES string of the molecule is O=C(CSc1nnc(COc2ccc(Cl)cc2)n1Cc1ccco1)NC1CCCCCC1. The Hall–Kier alpha value is -2.45. The lowest BCUT2D eigenvalue weighted by atomic mass is 10.1. The average Bonchev–Trinajstić information content (AvgIpc) is 3.37. The summed E-state index contributed by atoms with van der Waals surface area (Å²) in [6.45, 7) is 0.704. The molecule has 1 aliphatic carbocycles. The lowest BCUT2D eigenvalue weighted by Crippen LogP contribution is -2.35. The van der Waals surface area contributed by atoms with Crippen LogP contribution in [0.2, 0.25) is 5.02 Å². The van der Waals surface area contributed by atoms with Gasteiger partial charge in [0.2, 0.25) is 5.91 Å². The third-order valence-electron chi connectivity index (χ3n) is 5.42.